The van der Waals surface area contributed by atoms with Crippen LogP contribution in [0.3, 0.4) is 0 Å². The number of carboxylic acids is 1. The Morgan fingerprint density at radius 1 is 1.56 bits per heavy atom. The molecule has 18 heavy (non-hydrogen) atoms. The summed E-state index contributed by atoms with van der Waals surface area (Å²) in [6.45, 7) is 3.93. The number of hydrogen-bond donors (Lipinski definition) is 2. The summed E-state index contributed by atoms with van der Waals surface area (Å²) in [5, 5.41) is 15.0. The Morgan fingerprint density at radius 3 is 2.94 bits per heavy atom. The maximum atomic E-state index is 10.8. The molecule has 94 valence electrons. The maximum Gasteiger partial charge on any atom is 0.354 e. The number of carbonyl (C=O) groups is 1. The molecule has 0 fully saturated rings. The van der Waals surface area contributed by atoms with Gasteiger partial charge in [0.05, 0.1) is 6.04 Å². The minimum Gasteiger partial charge on any atom is -0.477 e. The Hall–Kier alpha value is -1.95. The van der Waals surface area contributed by atoms with E-state index in [4.69, 9.17) is 5.11 Å². The molecule has 0 bridgehead atoms. The number of aromatic carboxylic acids is 1. The summed E-state index contributed by atoms with van der Waals surface area (Å²) in [7, 11) is 0. The monoisotopic (exact) mass is 263 g/mol. The summed E-state index contributed by atoms with van der Waals surface area (Å²) in [6.07, 6.45) is 1.48. The first kappa shape index (κ1) is 12.5. The molecule has 0 aliphatic carbocycles. The average molecular weight is 263 g/mol. The summed E-state index contributed by atoms with van der Waals surface area (Å²) in [6, 6.07) is 3.29. The highest BCUT2D eigenvalue weighted by Gasteiger charge is 2.11. The molecular formula is C12H13N3O2S. The van der Waals surface area contributed by atoms with Gasteiger partial charge in [-0.3, -0.25) is 0 Å². The van der Waals surface area contributed by atoms with E-state index >= 15 is 0 Å². The van der Waals surface area contributed by atoms with E-state index < -0.39 is 5.97 Å². The van der Waals surface area contributed by atoms with Gasteiger partial charge in [-0.25, -0.2) is 14.8 Å². The number of rotatable bonds is 4. The third kappa shape index (κ3) is 2.84. The van der Waals surface area contributed by atoms with Crippen LogP contribution in [0.1, 0.15) is 34.2 Å². The molecule has 0 saturated carbocycles. The Kier molecular flexibility index (Phi) is 3.57. The van der Waals surface area contributed by atoms with Crippen molar-refractivity contribution >= 4 is 23.0 Å². The quantitative estimate of drug-likeness (QED) is 0.887. The third-order valence-electron chi connectivity index (χ3n) is 2.37. The van der Waals surface area contributed by atoms with E-state index in [1.165, 1.54) is 12.3 Å². The van der Waals surface area contributed by atoms with Crippen LogP contribution >= 0.6 is 11.3 Å². The highest BCUT2D eigenvalue weighted by Crippen LogP contribution is 2.22. The molecule has 2 aromatic heterocycles. The normalized spacial score (nSPS) is 12.1. The van der Waals surface area contributed by atoms with Gasteiger partial charge in [0.15, 0.2) is 0 Å². The van der Waals surface area contributed by atoms with Gasteiger partial charge in [-0.1, -0.05) is 0 Å². The average Bonchev–Trinajstić information content (AvgIpc) is 2.76. The first-order chi connectivity index (χ1) is 8.56. The fraction of sp³-hybridized carbons (Fsp3) is 0.250. The summed E-state index contributed by atoms with van der Waals surface area (Å²) in [5.74, 6) is -1.03. The zero-order valence-electron chi connectivity index (χ0n) is 10.0. The van der Waals surface area contributed by atoms with Gasteiger partial charge >= 0.3 is 5.97 Å². The molecule has 0 saturated heterocycles. The molecule has 0 aliphatic rings. The second-order valence-electron chi connectivity index (χ2n) is 3.93. The molecular weight excluding hydrogens is 250 g/mol. The lowest BCUT2D eigenvalue weighted by Crippen LogP contribution is -2.08. The van der Waals surface area contributed by atoms with Gasteiger partial charge in [0, 0.05) is 23.0 Å². The lowest BCUT2D eigenvalue weighted by atomic mass is 10.2. The second kappa shape index (κ2) is 5.14. The third-order valence-corrected chi connectivity index (χ3v) is 3.51. The van der Waals surface area contributed by atoms with Crippen molar-refractivity contribution in [3.8, 4) is 0 Å². The van der Waals surface area contributed by atoms with Crippen molar-refractivity contribution in [1.82, 2.24) is 9.97 Å². The van der Waals surface area contributed by atoms with E-state index in [9.17, 15) is 4.79 Å². The van der Waals surface area contributed by atoms with Gasteiger partial charge in [-0.15, -0.1) is 11.3 Å². The van der Waals surface area contributed by atoms with Gasteiger partial charge in [-0.2, -0.15) is 0 Å². The van der Waals surface area contributed by atoms with Gasteiger partial charge in [-0.05, 0) is 26.0 Å². The molecule has 0 spiro atoms. The Labute approximate surface area is 109 Å². The van der Waals surface area contributed by atoms with Crippen LogP contribution in [-0.4, -0.2) is 21.0 Å². The van der Waals surface area contributed by atoms with Crippen LogP contribution in [-0.2, 0) is 0 Å². The molecule has 2 N–H and O–H groups in total. The molecule has 6 heteroatoms. The molecule has 2 aromatic rings. The largest absolute Gasteiger partial charge is 0.477 e. The molecule has 0 aliphatic heterocycles. The first-order valence-corrected chi connectivity index (χ1v) is 6.32. The number of nitrogens with zero attached hydrogens (tertiary/aromatic N) is 2. The lowest BCUT2D eigenvalue weighted by Gasteiger charge is -2.12. The lowest BCUT2D eigenvalue weighted by molar-refractivity contribution is 0.0690. The van der Waals surface area contributed by atoms with Crippen LogP contribution in [0.5, 0.6) is 0 Å². The Morgan fingerprint density at radius 2 is 2.33 bits per heavy atom. The molecule has 0 aromatic carbocycles. The summed E-state index contributed by atoms with van der Waals surface area (Å²) in [4.78, 5) is 19.0. The molecule has 5 nitrogen and oxygen atoms in total. The van der Waals surface area contributed by atoms with Gasteiger partial charge < -0.3 is 10.4 Å². The molecule has 0 amide bonds. The summed E-state index contributed by atoms with van der Waals surface area (Å²) >= 11 is 1.58. The first-order valence-electron chi connectivity index (χ1n) is 5.44. The van der Waals surface area contributed by atoms with Crippen molar-refractivity contribution in [1.29, 1.82) is 0 Å². The number of anilines is 1. The molecule has 1 unspecified atom stereocenters. The predicted molar refractivity (Wildman–Crippen MR) is 70.1 cm³/mol. The van der Waals surface area contributed by atoms with Crippen LogP contribution in [0, 0.1) is 6.92 Å². The number of thiazole rings is 1. The number of aryl methyl sites for hydroxylation is 1. The fourth-order valence-electron chi connectivity index (χ4n) is 1.52. The van der Waals surface area contributed by atoms with Crippen molar-refractivity contribution in [3.05, 3.63) is 40.1 Å². The molecule has 2 heterocycles. The van der Waals surface area contributed by atoms with Crippen molar-refractivity contribution in [3.63, 3.8) is 0 Å². The standard InChI is InChI=1S/C12H13N3O2S/c1-7-6-18-11(14-7)8(2)15-9-3-4-13-10(5-9)12(16)17/h3-6,8H,1-2H3,(H,13,15)(H,16,17). The van der Waals surface area contributed by atoms with Crippen molar-refractivity contribution < 1.29 is 9.90 Å². The summed E-state index contributed by atoms with van der Waals surface area (Å²) in [5.41, 5.74) is 1.75. The van der Waals surface area contributed by atoms with E-state index in [1.54, 1.807) is 17.4 Å². The van der Waals surface area contributed by atoms with E-state index in [0.29, 0.717) is 0 Å². The van der Waals surface area contributed by atoms with Crippen molar-refractivity contribution in [2.75, 3.05) is 5.32 Å². The van der Waals surface area contributed by atoms with Crippen molar-refractivity contribution in [2.24, 2.45) is 0 Å². The van der Waals surface area contributed by atoms with Crippen LogP contribution in [0.4, 0.5) is 5.69 Å². The topological polar surface area (TPSA) is 75.1 Å². The smallest absolute Gasteiger partial charge is 0.354 e. The highest BCUT2D eigenvalue weighted by atomic mass is 32.1. The second-order valence-corrected chi connectivity index (χ2v) is 4.82. The van der Waals surface area contributed by atoms with Gasteiger partial charge in [0.2, 0.25) is 0 Å². The number of hydrogen-bond acceptors (Lipinski definition) is 5. The maximum absolute atomic E-state index is 10.8. The van der Waals surface area contributed by atoms with Gasteiger partial charge in [0.1, 0.15) is 10.7 Å². The number of carboxylic acid groups (broad SMARTS) is 1. The predicted octanol–water partition coefficient (Wildman–Crippen LogP) is 2.72. The van der Waals surface area contributed by atoms with Crippen molar-refractivity contribution in [2.45, 2.75) is 19.9 Å². The Balaban J connectivity index is 2.14. The van der Waals surface area contributed by atoms with Crippen LogP contribution in [0.2, 0.25) is 0 Å². The molecule has 1 atom stereocenters. The number of aromatic nitrogens is 2. The van der Waals surface area contributed by atoms with Crippen LogP contribution in [0.15, 0.2) is 23.7 Å². The van der Waals surface area contributed by atoms with Crippen LogP contribution < -0.4 is 5.32 Å². The fourth-order valence-corrected chi connectivity index (χ4v) is 2.32. The highest BCUT2D eigenvalue weighted by molar-refractivity contribution is 7.09. The SMILES string of the molecule is Cc1csc(C(C)Nc2ccnc(C(=O)O)c2)n1. The zero-order chi connectivity index (χ0) is 13.1. The van der Waals surface area contributed by atoms with E-state index in [0.717, 1.165) is 16.4 Å². The minimum atomic E-state index is -1.03. The number of nitrogens with one attached hydrogen (secondary N) is 1. The number of pyridine rings is 1. The Bertz CT molecular complexity index is 568. The molecule has 0 radical (unpaired) electrons. The summed E-state index contributed by atoms with van der Waals surface area (Å²) < 4.78 is 0. The molecule has 2 rings (SSSR count). The van der Waals surface area contributed by atoms with Gasteiger partial charge in [0.25, 0.3) is 0 Å². The zero-order valence-corrected chi connectivity index (χ0v) is 10.9. The van der Waals surface area contributed by atoms with E-state index in [1.807, 2.05) is 19.2 Å². The van der Waals surface area contributed by atoms with E-state index in [-0.39, 0.29) is 11.7 Å². The van der Waals surface area contributed by atoms with Crippen LogP contribution in [0.25, 0.3) is 0 Å². The minimum absolute atomic E-state index is 0.0301. The van der Waals surface area contributed by atoms with E-state index in [2.05, 4.69) is 15.3 Å².